The van der Waals surface area contributed by atoms with Gasteiger partial charge in [0.2, 0.25) is 0 Å². The maximum Gasteiger partial charge on any atom is 0.331 e. The molecule has 0 bridgehead atoms. The zero-order chi connectivity index (χ0) is 20.8. The van der Waals surface area contributed by atoms with Crippen LogP contribution in [0.3, 0.4) is 0 Å². The minimum atomic E-state index is -1.21. The van der Waals surface area contributed by atoms with Gasteiger partial charge in [0, 0.05) is 18.6 Å². The number of anilines is 1. The van der Waals surface area contributed by atoms with Gasteiger partial charge in [-0.25, -0.2) is 13.6 Å². The Morgan fingerprint density at radius 3 is 2.66 bits per heavy atom. The van der Waals surface area contributed by atoms with Crippen LogP contribution < -0.4 is 14.8 Å². The molecule has 0 spiro atoms. The van der Waals surface area contributed by atoms with Crippen molar-refractivity contribution in [3.8, 4) is 11.5 Å². The molecule has 1 heterocycles. The molecule has 1 aliphatic heterocycles. The third-order valence-corrected chi connectivity index (χ3v) is 4.03. The van der Waals surface area contributed by atoms with E-state index in [4.69, 9.17) is 14.2 Å². The van der Waals surface area contributed by atoms with E-state index < -0.39 is 29.6 Å². The first-order chi connectivity index (χ1) is 13.9. The smallest absolute Gasteiger partial charge is 0.331 e. The first-order valence-corrected chi connectivity index (χ1v) is 8.96. The number of hydrogen-bond donors (Lipinski definition) is 1. The minimum absolute atomic E-state index is 0.333. The Morgan fingerprint density at radius 2 is 1.86 bits per heavy atom. The van der Waals surface area contributed by atoms with Crippen LogP contribution in [0, 0.1) is 11.6 Å². The van der Waals surface area contributed by atoms with Crippen LogP contribution >= 0.6 is 0 Å². The van der Waals surface area contributed by atoms with Crippen molar-refractivity contribution < 1.29 is 32.6 Å². The van der Waals surface area contributed by atoms with Gasteiger partial charge in [0.15, 0.2) is 17.6 Å². The summed E-state index contributed by atoms with van der Waals surface area (Å²) in [4.78, 5) is 24.0. The molecule has 152 valence electrons. The molecule has 1 atom stereocenters. The number of amides is 1. The molecular formula is C21H19F2NO5. The molecule has 1 N–H and O–H groups in total. The number of carbonyl (C=O) groups excluding carboxylic acids is 2. The maximum absolute atomic E-state index is 13.6. The van der Waals surface area contributed by atoms with Gasteiger partial charge in [0.1, 0.15) is 11.6 Å². The summed E-state index contributed by atoms with van der Waals surface area (Å²) in [6, 6.07) is 7.88. The molecule has 8 heteroatoms. The fraction of sp³-hybridized carbons (Fsp3) is 0.238. The summed E-state index contributed by atoms with van der Waals surface area (Å²) in [6.45, 7) is 2.45. The predicted molar refractivity (Wildman–Crippen MR) is 102 cm³/mol. The van der Waals surface area contributed by atoms with Crippen LogP contribution in [-0.2, 0) is 14.3 Å². The predicted octanol–water partition coefficient (Wildman–Crippen LogP) is 3.71. The lowest BCUT2D eigenvalue weighted by molar-refractivity contribution is -0.148. The molecular weight excluding hydrogens is 384 g/mol. The van der Waals surface area contributed by atoms with Crippen LogP contribution in [-0.4, -0.2) is 31.2 Å². The van der Waals surface area contributed by atoms with Gasteiger partial charge in [-0.2, -0.15) is 0 Å². The second-order valence-electron chi connectivity index (χ2n) is 6.28. The van der Waals surface area contributed by atoms with Crippen molar-refractivity contribution in [1.29, 1.82) is 0 Å². The molecule has 29 heavy (non-hydrogen) atoms. The van der Waals surface area contributed by atoms with Crippen molar-refractivity contribution in [1.82, 2.24) is 0 Å². The fourth-order valence-electron chi connectivity index (χ4n) is 2.54. The van der Waals surface area contributed by atoms with E-state index in [1.165, 1.54) is 13.0 Å². The number of nitrogens with one attached hydrogen (secondary N) is 1. The summed E-state index contributed by atoms with van der Waals surface area (Å²) in [7, 11) is 0. The number of halogens is 2. The fourth-order valence-corrected chi connectivity index (χ4v) is 2.54. The number of ether oxygens (including phenoxy) is 3. The highest BCUT2D eigenvalue weighted by Crippen LogP contribution is 2.30. The third kappa shape index (κ3) is 5.54. The van der Waals surface area contributed by atoms with Crippen molar-refractivity contribution in [2.24, 2.45) is 0 Å². The van der Waals surface area contributed by atoms with Gasteiger partial charge in [0.25, 0.3) is 5.91 Å². The van der Waals surface area contributed by atoms with Gasteiger partial charge < -0.3 is 19.5 Å². The molecule has 0 unspecified atom stereocenters. The Labute approximate surface area is 166 Å². The lowest BCUT2D eigenvalue weighted by atomic mass is 10.2. The Hall–Kier alpha value is -3.42. The average Bonchev–Trinajstić information content (AvgIpc) is 2.94. The zero-order valence-electron chi connectivity index (χ0n) is 15.6. The number of carbonyl (C=O) groups is 2. The quantitative estimate of drug-likeness (QED) is 0.609. The largest absolute Gasteiger partial charge is 0.490 e. The summed E-state index contributed by atoms with van der Waals surface area (Å²) >= 11 is 0. The van der Waals surface area contributed by atoms with Crippen LogP contribution in [0.15, 0.2) is 42.5 Å². The van der Waals surface area contributed by atoms with Gasteiger partial charge in [-0.1, -0.05) is 6.07 Å². The van der Waals surface area contributed by atoms with Crippen molar-refractivity contribution >= 4 is 23.6 Å². The molecule has 1 amide bonds. The molecule has 2 aromatic carbocycles. The lowest BCUT2D eigenvalue weighted by Gasteiger charge is -2.13. The van der Waals surface area contributed by atoms with Crippen molar-refractivity contribution in [2.75, 3.05) is 18.5 Å². The second-order valence-corrected chi connectivity index (χ2v) is 6.28. The summed E-state index contributed by atoms with van der Waals surface area (Å²) < 4.78 is 42.9. The number of rotatable bonds is 5. The standard InChI is InChI=1S/C21H19F2NO5/c1-13(21(26)24-17-12-15(22)5-6-16(17)23)29-20(25)8-4-14-3-7-18-19(11-14)28-10-2-9-27-18/h3-8,11-13H,2,9-10H2,1H3,(H,24,26)/b8-4+/t13-/m1/s1. The highest BCUT2D eigenvalue weighted by molar-refractivity contribution is 5.96. The van der Waals surface area contributed by atoms with E-state index in [-0.39, 0.29) is 5.69 Å². The normalized spacial score (nSPS) is 14.2. The van der Waals surface area contributed by atoms with E-state index in [9.17, 15) is 18.4 Å². The molecule has 0 saturated carbocycles. The Kier molecular flexibility index (Phi) is 6.43. The minimum Gasteiger partial charge on any atom is -0.490 e. The summed E-state index contributed by atoms with van der Waals surface area (Å²) in [5.41, 5.74) is 0.353. The van der Waals surface area contributed by atoms with Crippen LogP contribution in [0.2, 0.25) is 0 Å². The number of hydrogen-bond acceptors (Lipinski definition) is 5. The van der Waals surface area contributed by atoms with Crippen molar-refractivity contribution in [3.05, 3.63) is 59.7 Å². The average molecular weight is 403 g/mol. The van der Waals surface area contributed by atoms with Crippen LogP contribution in [0.4, 0.5) is 14.5 Å². The molecule has 1 aliphatic rings. The van der Waals surface area contributed by atoms with E-state index in [0.717, 1.165) is 30.7 Å². The third-order valence-electron chi connectivity index (χ3n) is 4.03. The van der Waals surface area contributed by atoms with Gasteiger partial charge in [-0.05, 0) is 42.8 Å². The van der Waals surface area contributed by atoms with E-state index in [1.54, 1.807) is 18.2 Å². The molecule has 6 nitrogen and oxygen atoms in total. The first kappa shape index (κ1) is 20.3. The maximum atomic E-state index is 13.6. The van der Waals surface area contributed by atoms with Crippen LogP contribution in [0.5, 0.6) is 11.5 Å². The van der Waals surface area contributed by atoms with Crippen LogP contribution in [0.25, 0.3) is 6.08 Å². The van der Waals surface area contributed by atoms with E-state index in [2.05, 4.69) is 5.32 Å². The molecule has 2 aromatic rings. The SMILES string of the molecule is C[C@@H](OC(=O)/C=C/c1ccc2c(c1)OCCCO2)C(=O)Nc1cc(F)ccc1F. The zero-order valence-corrected chi connectivity index (χ0v) is 15.6. The van der Waals surface area contributed by atoms with Gasteiger partial charge in [0.05, 0.1) is 18.9 Å². The summed E-state index contributed by atoms with van der Waals surface area (Å²) in [5.74, 6) is -1.83. The number of esters is 1. The van der Waals surface area contributed by atoms with Gasteiger partial charge in [-0.3, -0.25) is 4.79 Å². The summed E-state index contributed by atoms with van der Waals surface area (Å²) in [6.07, 6.45) is 2.24. The molecule has 0 aromatic heterocycles. The van der Waals surface area contributed by atoms with Gasteiger partial charge in [-0.15, -0.1) is 0 Å². The highest BCUT2D eigenvalue weighted by Gasteiger charge is 2.18. The van der Waals surface area contributed by atoms with E-state index in [0.29, 0.717) is 30.3 Å². The lowest BCUT2D eigenvalue weighted by Crippen LogP contribution is -2.29. The number of fused-ring (bicyclic) bond motifs is 1. The van der Waals surface area contributed by atoms with Crippen molar-refractivity contribution in [3.63, 3.8) is 0 Å². The van der Waals surface area contributed by atoms with E-state index in [1.807, 2.05) is 0 Å². The molecule has 0 saturated heterocycles. The molecule has 0 fully saturated rings. The van der Waals surface area contributed by atoms with E-state index >= 15 is 0 Å². The highest BCUT2D eigenvalue weighted by atomic mass is 19.1. The summed E-state index contributed by atoms with van der Waals surface area (Å²) in [5, 5.41) is 2.18. The van der Waals surface area contributed by atoms with Crippen molar-refractivity contribution in [2.45, 2.75) is 19.4 Å². The number of benzene rings is 2. The first-order valence-electron chi connectivity index (χ1n) is 8.96. The Bertz CT molecular complexity index is 945. The molecule has 0 radical (unpaired) electrons. The van der Waals surface area contributed by atoms with Gasteiger partial charge >= 0.3 is 5.97 Å². The molecule has 0 aliphatic carbocycles. The van der Waals surface area contributed by atoms with Crippen LogP contribution in [0.1, 0.15) is 18.9 Å². The monoisotopic (exact) mass is 403 g/mol. The second kappa shape index (κ2) is 9.18. The topological polar surface area (TPSA) is 73.9 Å². The molecule has 3 rings (SSSR count). The Morgan fingerprint density at radius 1 is 1.10 bits per heavy atom. The Balaban J connectivity index is 1.57.